The van der Waals surface area contributed by atoms with E-state index in [2.05, 4.69) is 20.3 Å². The standard InChI is InChI=1S/C8H10BN5O2.ClH/c1-14-4-7(12-5-14)13-8-10-2-6(3-11-8)9(15)16;/h2-5,15-16H,1H3,(H,10,11,13);1H. The van der Waals surface area contributed by atoms with E-state index in [0.717, 1.165) is 0 Å². The van der Waals surface area contributed by atoms with E-state index >= 15 is 0 Å². The van der Waals surface area contributed by atoms with Crippen LogP contribution in [-0.2, 0) is 7.05 Å². The molecule has 2 heterocycles. The first kappa shape index (κ1) is 13.4. The van der Waals surface area contributed by atoms with E-state index in [1.165, 1.54) is 12.4 Å². The number of aromatic nitrogens is 4. The van der Waals surface area contributed by atoms with Crippen LogP contribution in [0, 0.1) is 0 Å². The van der Waals surface area contributed by atoms with Crippen molar-refractivity contribution < 1.29 is 10.0 Å². The molecule has 0 fully saturated rings. The lowest BCUT2D eigenvalue weighted by Crippen LogP contribution is -2.30. The Hall–Kier alpha value is -1.64. The van der Waals surface area contributed by atoms with Crippen molar-refractivity contribution in [2.24, 2.45) is 7.05 Å². The van der Waals surface area contributed by atoms with Gasteiger partial charge in [-0.25, -0.2) is 15.0 Å². The van der Waals surface area contributed by atoms with Crippen molar-refractivity contribution in [2.45, 2.75) is 0 Å². The van der Waals surface area contributed by atoms with E-state index in [9.17, 15) is 0 Å². The normalized spacial score (nSPS) is 9.59. The molecule has 0 aliphatic heterocycles. The van der Waals surface area contributed by atoms with Crippen LogP contribution in [0.4, 0.5) is 11.8 Å². The highest BCUT2D eigenvalue weighted by atomic mass is 35.5. The molecule has 7 nitrogen and oxygen atoms in total. The summed E-state index contributed by atoms with van der Waals surface area (Å²) >= 11 is 0. The Morgan fingerprint density at radius 1 is 1.24 bits per heavy atom. The van der Waals surface area contributed by atoms with E-state index in [1.807, 2.05) is 7.05 Å². The fourth-order valence-electron chi connectivity index (χ4n) is 1.13. The summed E-state index contributed by atoms with van der Waals surface area (Å²) in [5, 5.41) is 20.6. The maximum atomic E-state index is 8.85. The molecule has 0 bridgehead atoms. The average molecular weight is 255 g/mol. The zero-order chi connectivity index (χ0) is 11.5. The average Bonchev–Trinajstić information content (AvgIpc) is 2.65. The highest BCUT2D eigenvalue weighted by Crippen LogP contribution is 2.06. The van der Waals surface area contributed by atoms with Crippen molar-refractivity contribution in [3.63, 3.8) is 0 Å². The number of anilines is 2. The Kier molecular flexibility index (Phi) is 4.44. The highest BCUT2D eigenvalue weighted by Gasteiger charge is 2.11. The van der Waals surface area contributed by atoms with Gasteiger partial charge >= 0.3 is 7.12 Å². The lowest BCUT2D eigenvalue weighted by molar-refractivity contribution is 0.425. The van der Waals surface area contributed by atoms with Crippen LogP contribution in [0.25, 0.3) is 0 Å². The van der Waals surface area contributed by atoms with Gasteiger partial charge < -0.3 is 19.9 Å². The minimum absolute atomic E-state index is 0. The molecule has 17 heavy (non-hydrogen) atoms. The minimum atomic E-state index is -1.55. The van der Waals surface area contributed by atoms with Gasteiger partial charge in [-0.05, 0) is 0 Å². The third kappa shape index (κ3) is 3.41. The molecule has 0 saturated heterocycles. The van der Waals surface area contributed by atoms with Crippen molar-refractivity contribution in [1.29, 1.82) is 0 Å². The zero-order valence-electron chi connectivity index (χ0n) is 8.98. The van der Waals surface area contributed by atoms with Gasteiger partial charge in [0.1, 0.15) is 0 Å². The number of aryl methyl sites for hydroxylation is 1. The van der Waals surface area contributed by atoms with Crippen molar-refractivity contribution >= 4 is 36.8 Å². The van der Waals surface area contributed by atoms with Gasteiger partial charge in [0.15, 0.2) is 5.82 Å². The van der Waals surface area contributed by atoms with Crippen LogP contribution in [0.3, 0.4) is 0 Å². The predicted molar refractivity (Wildman–Crippen MR) is 65.6 cm³/mol. The number of nitrogens with one attached hydrogen (secondary N) is 1. The summed E-state index contributed by atoms with van der Waals surface area (Å²) in [6.45, 7) is 0. The maximum absolute atomic E-state index is 8.85. The van der Waals surface area contributed by atoms with Gasteiger partial charge in [0.05, 0.1) is 6.33 Å². The molecule has 0 aliphatic carbocycles. The van der Waals surface area contributed by atoms with E-state index in [1.54, 1.807) is 17.1 Å². The number of hydrogen-bond donors (Lipinski definition) is 3. The van der Waals surface area contributed by atoms with Gasteiger partial charge in [-0.2, -0.15) is 0 Å². The quantitative estimate of drug-likeness (QED) is 0.612. The molecular formula is C8H11BClN5O2. The molecule has 2 aromatic heterocycles. The first-order valence-electron chi connectivity index (χ1n) is 4.58. The summed E-state index contributed by atoms with van der Waals surface area (Å²) in [6.07, 6.45) is 6.10. The van der Waals surface area contributed by atoms with Crippen molar-refractivity contribution in [2.75, 3.05) is 5.32 Å². The Morgan fingerprint density at radius 3 is 2.35 bits per heavy atom. The van der Waals surface area contributed by atoms with Gasteiger partial charge in [-0.3, -0.25) is 0 Å². The van der Waals surface area contributed by atoms with E-state index in [-0.39, 0.29) is 17.9 Å². The van der Waals surface area contributed by atoms with Crippen LogP contribution in [0.15, 0.2) is 24.9 Å². The van der Waals surface area contributed by atoms with E-state index in [4.69, 9.17) is 10.0 Å². The van der Waals surface area contributed by atoms with Crippen LogP contribution < -0.4 is 10.8 Å². The van der Waals surface area contributed by atoms with Crippen LogP contribution >= 0.6 is 12.4 Å². The smallest absolute Gasteiger partial charge is 0.423 e. The van der Waals surface area contributed by atoms with Gasteiger partial charge in [0, 0.05) is 31.1 Å². The largest absolute Gasteiger partial charge is 0.491 e. The molecule has 0 unspecified atom stereocenters. The molecule has 0 spiro atoms. The molecular weight excluding hydrogens is 244 g/mol. The lowest BCUT2D eigenvalue weighted by atomic mass is 9.83. The summed E-state index contributed by atoms with van der Waals surface area (Å²) in [7, 11) is 0.299. The van der Waals surface area contributed by atoms with Gasteiger partial charge in [0.2, 0.25) is 5.95 Å². The highest BCUT2D eigenvalue weighted by molar-refractivity contribution is 6.58. The number of halogens is 1. The summed E-state index contributed by atoms with van der Waals surface area (Å²) in [6, 6.07) is 0. The van der Waals surface area contributed by atoms with Gasteiger partial charge in [-0.1, -0.05) is 0 Å². The topological polar surface area (TPSA) is 96.1 Å². The molecule has 9 heteroatoms. The molecule has 0 atom stereocenters. The van der Waals surface area contributed by atoms with E-state index < -0.39 is 7.12 Å². The molecule has 0 saturated carbocycles. The number of nitrogens with zero attached hydrogens (tertiary/aromatic N) is 4. The van der Waals surface area contributed by atoms with Crippen molar-refractivity contribution in [3.05, 3.63) is 24.9 Å². The van der Waals surface area contributed by atoms with Gasteiger partial charge in [0.25, 0.3) is 0 Å². The van der Waals surface area contributed by atoms with Crippen molar-refractivity contribution in [1.82, 2.24) is 19.5 Å². The Balaban J connectivity index is 0.00000144. The number of hydrogen-bond acceptors (Lipinski definition) is 6. The minimum Gasteiger partial charge on any atom is -0.423 e. The maximum Gasteiger partial charge on any atom is 0.491 e. The molecule has 90 valence electrons. The predicted octanol–water partition coefficient (Wildman–Crippen LogP) is -0.945. The molecule has 0 aromatic carbocycles. The third-order valence-electron chi connectivity index (χ3n) is 1.91. The molecule has 0 aliphatic rings. The van der Waals surface area contributed by atoms with Crippen LogP contribution in [0.2, 0.25) is 0 Å². The number of rotatable bonds is 3. The SMILES string of the molecule is Cl.Cn1cnc(Nc2ncc(B(O)O)cn2)c1. The fourth-order valence-corrected chi connectivity index (χ4v) is 1.13. The summed E-state index contributed by atoms with van der Waals surface area (Å²) in [4.78, 5) is 11.9. The van der Waals surface area contributed by atoms with Crippen molar-refractivity contribution in [3.8, 4) is 0 Å². The Bertz CT molecular complexity index is 475. The lowest BCUT2D eigenvalue weighted by Gasteiger charge is -2.01. The second-order valence-corrected chi connectivity index (χ2v) is 3.26. The summed E-state index contributed by atoms with van der Waals surface area (Å²) in [5.41, 5.74) is 0.242. The second kappa shape index (κ2) is 5.62. The Labute approximate surface area is 104 Å². The molecule has 2 rings (SSSR count). The van der Waals surface area contributed by atoms with Crippen LogP contribution in [0.1, 0.15) is 0 Å². The van der Waals surface area contributed by atoms with Crippen LogP contribution in [-0.4, -0.2) is 36.7 Å². The molecule has 0 amide bonds. The zero-order valence-corrected chi connectivity index (χ0v) is 9.79. The second-order valence-electron chi connectivity index (χ2n) is 3.26. The molecule has 0 radical (unpaired) electrons. The molecule has 3 N–H and O–H groups in total. The van der Waals surface area contributed by atoms with Crippen LogP contribution in [0.5, 0.6) is 0 Å². The van der Waals surface area contributed by atoms with E-state index in [0.29, 0.717) is 11.8 Å². The fraction of sp³-hybridized carbons (Fsp3) is 0.125. The first-order valence-corrected chi connectivity index (χ1v) is 4.58. The first-order chi connectivity index (χ1) is 7.65. The third-order valence-corrected chi connectivity index (χ3v) is 1.91. The summed E-state index contributed by atoms with van der Waals surface area (Å²) < 4.78 is 1.79. The Morgan fingerprint density at radius 2 is 1.88 bits per heavy atom. The molecule has 2 aromatic rings. The van der Waals surface area contributed by atoms with Gasteiger partial charge in [-0.15, -0.1) is 12.4 Å². The monoisotopic (exact) mass is 255 g/mol. The number of imidazole rings is 1. The summed E-state index contributed by atoms with van der Waals surface area (Å²) in [5.74, 6) is 0.975.